The zero-order valence-electron chi connectivity index (χ0n) is 11.7. The van der Waals surface area contributed by atoms with Crippen molar-refractivity contribution < 1.29 is 31.9 Å². The monoisotopic (exact) mass is 322 g/mol. The van der Waals surface area contributed by atoms with E-state index < -0.39 is 53.3 Å². The normalized spacial score (nSPS) is 12.4. The number of rotatable bonds is 6. The van der Waals surface area contributed by atoms with Crippen LogP contribution in [0.1, 0.15) is 24.2 Å². The van der Waals surface area contributed by atoms with Crippen molar-refractivity contribution >= 4 is 11.8 Å². The van der Waals surface area contributed by atoms with Gasteiger partial charge in [0.15, 0.2) is 0 Å². The van der Waals surface area contributed by atoms with Gasteiger partial charge in [-0.2, -0.15) is 8.78 Å². The van der Waals surface area contributed by atoms with Crippen molar-refractivity contribution in [2.24, 2.45) is 11.7 Å². The Hall–Kier alpha value is -2.32. The van der Waals surface area contributed by atoms with Crippen LogP contribution < -0.4 is 15.8 Å². The van der Waals surface area contributed by atoms with Crippen LogP contribution >= 0.6 is 0 Å². The third-order valence-electron chi connectivity index (χ3n) is 2.73. The molecular weight excluding hydrogens is 308 g/mol. The number of halogens is 4. The Kier molecular flexibility index (Phi) is 5.72. The number of benzene rings is 1. The number of nitrogens with one attached hydrogen (secondary N) is 1. The summed E-state index contributed by atoms with van der Waals surface area (Å²) in [6.45, 7) is -0.122. The molecule has 0 fully saturated rings. The molecule has 5 nitrogen and oxygen atoms in total. The summed E-state index contributed by atoms with van der Waals surface area (Å²) in [5, 5.41) is 2.09. The van der Waals surface area contributed by atoms with E-state index >= 15 is 0 Å². The Bertz CT molecular complexity index is 555. The predicted octanol–water partition coefficient (Wildman–Crippen LogP) is 1.81. The van der Waals surface area contributed by atoms with Gasteiger partial charge in [0.05, 0.1) is 0 Å². The lowest BCUT2D eigenvalue weighted by Crippen LogP contribution is -2.48. The second-order valence-corrected chi connectivity index (χ2v) is 4.74. The molecule has 1 aromatic rings. The maximum atomic E-state index is 13.7. The smallest absolute Gasteiger partial charge is 0.387 e. The minimum atomic E-state index is -3.27. The summed E-state index contributed by atoms with van der Waals surface area (Å²) in [4.78, 5) is 23.0. The van der Waals surface area contributed by atoms with Crippen molar-refractivity contribution in [3.63, 3.8) is 0 Å². The summed E-state index contributed by atoms with van der Waals surface area (Å²) >= 11 is 0. The van der Waals surface area contributed by atoms with E-state index in [1.165, 1.54) is 0 Å². The predicted molar refractivity (Wildman–Crippen MR) is 68.3 cm³/mol. The fourth-order valence-corrected chi connectivity index (χ4v) is 1.72. The molecule has 3 N–H and O–H groups in total. The van der Waals surface area contributed by atoms with Gasteiger partial charge in [0.2, 0.25) is 5.91 Å². The van der Waals surface area contributed by atoms with Crippen LogP contribution in [0.4, 0.5) is 17.6 Å². The molecule has 1 rings (SSSR count). The van der Waals surface area contributed by atoms with Crippen LogP contribution in [0.5, 0.6) is 5.75 Å². The molecule has 0 spiro atoms. The quantitative estimate of drug-likeness (QED) is 0.784. The summed E-state index contributed by atoms with van der Waals surface area (Å²) < 4.78 is 55.3. The van der Waals surface area contributed by atoms with Crippen LogP contribution in [0.3, 0.4) is 0 Å². The van der Waals surface area contributed by atoms with E-state index in [1.807, 2.05) is 0 Å². The highest BCUT2D eigenvalue weighted by Crippen LogP contribution is 2.22. The maximum Gasteiger partial charge on any atom is 0.387 e. The zero-order chi connectivity index (χ0) is 17.0. The van der Waals surface area contributed by atoms with E-state index in [2.05, 4.69) is 10.1 Å². The molecule has 0 saturated heterocycles. The Labute approximate surface area is 123 Å². The first-order chi connectivity index (χ1) is 10.1. The van der Waals surface area contributed by atoms with E-state index in [-0.39, 0.29) is 0 Å². The van der Waals surface area contributed by atoms with Crippen LogP contribution in [0, 0.1) is 17.6 Å². The number of primary amides is 1. The Morgan fingerprint density at radius 2 is 1.68 bits per heavy atom. The molecule has 0 unspecified atom stereocenters. The molecule has 1 aromatic carbocycles. The number of amides is 2. The summed E-state index contributed by atoms with van der Waals surface area (Å²) in [5.41, 5.74) is 4.05. The summed E-state index contributed by atoms with van der Waals surface area (Å²) in [6.07, 6.45) is 0. The molecule has 0 aliphatic carbocycles. The Balaban J connectivity index is 3.06. The largest absolute Gasteiger partial charge is 0.435 e. The van der Waals surface area contributed by atoms with Gasteiger partial charge in [-0.1, -0.05) is 13.8 Å². The van der Waals surface area contributed by atoms with Gasteiger partial charge in [-0.25, -0.2) is 8.78 Å². The van der Waals surface area contributed by atoms with Gasteiger partial charge < -0.3 is 15.8 Å². The third kappa shape index (κ3) is 4.34. The molecule has 1 atom stereocenters. The van der Waals surface area contributed by atoms with E-state index in [9.17, 15) is 27.2 Å². The van der Waals surface area contributed by atoms with Crippen molar-refractivity contribution in [1.29, 1.82) is 0 Å². The summed E-state index contributed by atoms with van der Waals surface area (Å²) in [6, 6.07) is -0.249. The van der Waals surface area contributed by atoms with Crippen LogP contribution in [-0.2, 0) is 4.79 Å². The first kappa shape index (κ1) is 17.7. The molecule has 2 amide bonds. The van der Waals surface area contributed by atoms with E-state index in [0.29, 0.717) is 12.1 Å². The zero-order valence-corrected chi connectivity index (χ0v) is 11.7. The minimum Gasteiger partial charge on any atom is -0.435 e. The molecule has 122 valence electrons. The van der Waals surface area contributed by atoms with Crippen LogP contribution in [-0.4, -0.2) is 24.5 Å². The average Bonchev–Trinajstić information content (AvgIpc) is 2.33. The average molecular weight is 322 g/mol. The van der Waals surface area contributed by atoms with Crippen molar-refractivity contribution in [2.45, 2.75) is 26.5 Å². The number of carbonyl (C=O) groups excluding carboxylic acids is 2. The first-order valence-electron chi connectivity index (χ1n) is 6.17. The van der Waals surface area contributed by atoms with Crippen LogP contribution in [0.25, 0.3) is 0 Å². The highest BCUT2D eigenvalue weighted by atomic mass is 19.3. The molecule has 0 aliphatic heterocycles. The number of nitrogens with two attached hydrogens (primary N) is 1. The first-order valence-corrected chi connectivity index (χ1v) is 6.17. The van der Waals surface area contributed by atoms with Crippen LogP contribution in [0.2, 0.25) is 0 Å². The molecule has 0 radical (unpaired) electrons. The molecule has 0 aliphatic rings. The molecule has 0 aromatic heterocycles. The van der Waals surface area contributed by atoms with Crippen molar-refractivity contribution in [1.82, 2.24) is 5.32 Å². The Morgan fingerprint density at radius 1 is 1.18 bits per heavy atom. The van der Waals surface area contributed by atoms with Gasteiger partial charge >= 0.3 is 6.61 Å². The second kappa shape index (κ2) is 7.10. The lowest BCUT2D eigenvalue weighted by molar-refractivity contribution is -0.120. The van der Waals surface area contributed by atoms with Gasteiger partial charge in [0, 0.05) is 12.1 Å². The van der Waals surface area contributed by atoms with Crippen molar-refractivity contribution in [3.05, 3.63) is 29.3 Å². The molecule has 0 saturated carbocycles. The summed E-state index contributed by atoms with van der Waals surface area (Å²) in [5.74, 6) is -6.08. The Morgan fingerprint density at radius 3 is 2.05 bits per heavy atom. The van der Waals surface area contributed by atoms with Gasteiger partial charge in [-0.3, -0.25) is 9.59 Å². The lowest BCUT2D eigenvalue weighted by atomic mass is 10.0. The topological polar surface area (TPSA) is 81.4 Å². The number of hydrogen-bond acceptors (Lipinski definition) is 3. The third-order valence-corrected chi connectivity index (χ3v) is 2.73. The maximum absolute atomic E-state index is 13.7. The molecular formula is C13H14F4N2O3. The number of carbonyl (C=O) groups is 2. The lowest BCUT2D eigenvalue weighted by Gasteiger charge is -2.19. The minimum absolute atomic E-state index is 0.408. The molecule has 22 heavy (non-hydrogen) atoms. The van der Waals surface area contributed by atoms with E-state index in [4.69, 9.17) is 5.73 Å². The van der Waals surface area contributed by atoms with E-state index in [1.54, 1.807) is 13.8 Å². The molecule has 0 bridgehead atoms. The highest BCUT2D eigenvalue weighted by molar-refractivity contribution is 5.97. The van der Waals surface area contributed by atoms with Crippen molar-refractivity contribution in [2.75, 3.05) is 0 Å². The number of ether oxygens (including phenoxy) is 1. The summed E-state index contributed by atoms with van der Waals surface area (Å²) in [7, 11) is 0. The fraction of sp³-hybridized carbons (Fsp3) is 0.385. The fourth-order valence-electron chi connectivity index (χ4n) is 1.72. The standard InChI is InChI=1S/C13H14F4N2O3/c1-5(2)10(11(18)20)19-12(21)9-7(14)3-6(4-8(9)15)22-13(16)17/h3-5,10,13H,1-2H3,(H2,18,20)(H,19,21)/t10-/m0/s1. The highest BCUT2D eigenvalue weighted by Gasteiger charge is 2.26. The van der Waals surface area contributed by atoms with Gasteiger partial charge in [0.1, 0.15) is 29.0 Å². The van der Waals surface area contributed by atoms with Crippen LogP contribution in [0.15, 0.2) is 12.1 Å². The van der Waals surface area contributed by atoms with Gasteiger partial charge in [0.25, 0.3) is 5.91 Å². The second-order valence-electron chi connectivity index (χ2n) is 4.74. The SMILES string of the molecule is CC(C)[C@H](NC(=O)c1c(F)cc(OC(F)F)cc1F)C(N)=O. The number of hydrogen-bond donors (Lipinski definition) is 2. The molecule has 0 heterocycles. The van der Waals surface area contributed by atoms with Gasteiger partial charge in [-0.15, -0.1) is 0 Å². The van der Waals surface area contributed by atoms with Crippen molar-refractivity contribution in [3.8, 4) is 5.75 Å². The van der Waals surface area contributed by atoms with E-state index in [0.717, 1.165) is 0 Å². The van der Waals surface area contributed by atoms with Gasteiger partial charge in [-0.05, 0) is 5.92 Å². The molecule has 9 heteroatoms. The number of alkyl halides is 2.